The number of hydrogen-bond donors (Lipinski definition) is 0. The molecule has 0 amide bonds. The Kier molecular flexibility index (Phi) is 5.09. The van der Waals surface area contributed by atoms with E-state index in [-0.39, 0.29) is 0 Å². The highest BCUT2D eigenvalue weighted by Crippen LogP contribution is 2.02. The average Bonchev–Trinajstić information content (AvgIpc) is 1.82. The van der Waals surface area contributed by atoms with Gasteiger partial charge in [0.05, 0.1) is 12.4 Å². The van der Waals surface area contributed by atoms with Crippen LogP contribution in [0.5, 0.6) is 0 Å². The van der Waals surface area contributed by atoms with Crippen LogP contribution in [0.25, 0.3) is 0 Å². The molecule has 0 radical (unpaired) electrons. The summed E-state index contributed by atoms with van der Waals surface area (Å²) in [4.78, 5) is 0. The van der Waals surface area contributed by atoms with E-state index in [1.54, 1.807) is 0 Å². The minimum absolute atomic E-state index is 0.594. The van der Waals surface area contributed by atoms with Gasteiger partial charge in [-0.2, -0.15) is 0 Å². The normalized spacial score (nSPS) is 12.3. The second kappa shape index (κ2) is 5.33. The van der Waals surface area contributed by atoms with Gasteiger partial charge in [-0.15, -0.1) is 0 Å². The highest BCUT2D eigenvalue weighted by atomic mass is 16.5. The van der Waals surface area contributed by atoms with Gasteiger partial charge in [-0.1, -0.05) is 20.8 Å². The predicted molar refractivity (Wildman–Crippen MR) is 44.8 cm³/mol. The molecule has 0 bridgehead atoms. The number of ether oxygens (including phenoxy) is 1. The summed E-state index contributed by atoms with van der Waals surface area (Å²) in [5, 5.41) is 0. The van der Waals surface area contributed by atoms with Crippen molar-refractivity contribution in [2.75, 3.05) is 6.61 Å². The summed E-state index contributed by atoms with van der Waals surface area (Å²) in [6.07, 6.45) is 3.22. The SMILES string of the molecule is CCCOC(C)=CC(C)C. The predicted octanol–water partition coefficient (Wildman–Crippen LogP) is 2.97. The molecule has 0 spiro atoms. The molecule has 0 heterocycles. The van der Waals surface area contributed by atoms with Crippen molar-refractivity contribution in [3.05, 3.63) is 11.8 Å². The monoisotopic (exact) mass is 142 g/mol. The molecule has 0 atom stereocenters. The van der Waals surface area contributed by atoms with Gasteiger partial charge < -0.3 is 4.74 Å². The van der Waals surface area contributed by atoms with Gasteiger partial charge in [0, 0.05) is 0 Å². The largest absolute Gasteiger partial charge is 0.499 e. The van der Waals surface area contributed by atoms with E-state index < -0.39 is 0 Å². The van der Waals surface area contributed by atoms with Crippen molar-refractivity contribution in [1.29, 1.82) is 0 Å². The topological polar surface area (TPSA) is 9.23 Å². The van der Waals surface area contributed by atoms with Crippen molar-refractivity contribution < 1.29 is 4.74 Å². The fourth-order valence-electron chi connectivity index (χ4n) is 0.781. The van der Waals surface area contributed by atoms with Crippen LogP contribution in [0, 0.1) is 5.92 Å². The van der Waals surface area contributed by atoms with Gasteiger partial charge >= 0.3 is 0 Å². The van der Waals surface area contributed by atoms with E-state index in [1.165, 1.54) is 0 Å². The van der Waals surface area contributed by atoms with E-state index in [9.17, 15) is 0 Å². The maximum Gasteiger partial charge on any atom is 0.0891 e. The Hall–Kier alpha value is -0.460. The van der Waals surface area contributed by atoms with Crippen molar-refractivity contribution in [2.24, 2.45) is 5.92 Å². The first-order chi connectivity index (χ1) is 4.66. The van der Waals surface area contributed by atoms with E-state index in [1.807, 2.05) is 6.92 Å². The quantitative estimate of drug-likeness (QED) is 0.548. The van der Waals surface area contributed by atoms with Gasteiger partial charge in [0.1, 0.15) is 0 Å². The van der Waals surface area contributed by atoms with E-state index in [0.717, 1.165) is 18.8 Å². The fourth-order valence-corrected chi connectivity index (χ4v) is 0.781. The Bertz CT molecular complexity index is 103. The summed E-state index contributed by atoms with van der Waals surface area (Å²) in [5.41, 5.74) is 0. The summed E-state index contributed by atoms with van der Waals surface area (Å²) in [7, 11) is 0. The highest BCUT2D eigenvalue weighted by molar-refractivity contribution is 4.90. The van der Waals surface area contributed by atoms with Crippen LogP contribution in [-0.2, 0) is 4.74 Å². The van der Waals surface area contributed by atoms with Crippen LogP contribution in [0.2, 0.25) is 0 Å². The van der Waals surface area contributed by atoms with Crippen molar-refractivity contribution in [3.63, 3.8) is 0 Å². The summed E-state index contributed by atoms with van der Waals surface area (Å²) in [6, 6.07) is 0. The lowest BCUT2D eigenvalue weighted by molar-refractivity contribution is 0.212. The van der Waals surface area contributed by atoms with Gasteiger partial charge in [0.15, 0.2) is 0 Å². The molecule has 0 aromatic heterocycles. The Labute approximate surface area is 64.1 Å². The van der Waals surface area contributed by atoms with Crippen LogP contribution in [0.4, 0.5) is 0 Å². The average molecular weight is 142 g/mol. The van der Waals surface area contributed by atoms with Crippen molar-refractivity contribution in [2.45, 2.75) is 34.1 Å². The number of rotatable bonds is 4. The molecular formula is C9H18O. The zero-order valence-corrected chi connectivity index (χ0v) is 7.48. The summed E-state index contributed by atoms with van der Waals surface area (Å²) in [5.74, 6) is 1.65. The van der Waals surface area contributed by atoms with E-state index >= 15 is 0 Å². The zero-order valence-electron chi connectivity index (χ0n) is 7.48. The molecule has 1 heteroatoms. The van der Waals surface area contributed by atoms with Gasteiger partial charge in [-0.05, 0) is 25.3 Å². The molecule has 0 fully saturated rings. The zero-order chi connectivity index (χ0) is 7.98. The molecule has 0 saturated heterocycles. The molecule has 0 unspecified atom stereocenters. The maximum absolute atomic E-state index is 5.36. The van der Waals surface area contributed by atoms with Gasteiger partial charge in [-0.3, -0.25) is 0 Å². The molecule has 0 aromatic carbocycles. The first-order valence-corrected chi connectivity index (χ1v) is 3.98. The molecule has 0 aliphatic carbocycles. The van der Waals surface area contributed by atoms with Crippen LogP contribution >= 0.6 is 0 Å². The van der Waals surface area contributed by atoms with Crippen LogP contribution in [-0.4, -0.2) is 6.61 Å². The van der Waals surface area contributed by atoms with E-state index in [2.05, 4.69) is 26.8 Å². The smallest absolute Gasteiger partial charge is 0.0891 e. The van der Waals surface area contributed by atoms with Gasteiger partial charge in [-0.25, -0.2) is 0 Å². The Morgan fingerprint density at radius 3 is 2.50 bits per heavy atom. The van der Waals surface area contributed by atoms with Crippen LogP contribution < -0.4 is 0 Å². The van der Waals surface area contributed by atoms with Crippen LogP contribution in [0.1, 0.15) is 34.1 Å². The Morgan fingerprint density at radius 1 is 1.50 bits per heavy atom. The molecule has 60 valence electrons. The molecule has 0 saturated carbocycles. The van der Waals surface area contributed by atoms with Crippen molar-refractivity contribution >= 4 is 0 Å². The third-order valence-electron chi connectivity index (χ3n) is 1.10. The number of hydrogen-bond acceptors (Lipinski definition) is 1. The third-order valence-corrected chi connectivity index (χ3v) is 1.10. The van der Waals surface area contributed by atoms with E-state index in [0.29, 0.717) is 5.92 Å². The summed E-state index contributed by atoms with van der Waals surface area (Å²) >= 11 is 0. The first-order valence-electron chi connectivity index (χ1n) is 3.98. The second-order valence-corrected chi connectivity index (χ2v) is 2.87. The molecule has 0 aliphatic rings. The molecule has 0 aliphatic heterocycles. The lowest BCUT2D eigenvalue weighted by Crippen LogP contribution is -1.91. The molecular weight excluding hydrogens is 124 g/mol. The van der Waals surface area contributed by atoms with Crippen LogP contribution in [0.3, 0.4) is 0 Å². The summed E-state index contributed by atoms with van der Waals surface area (Å²) < 4.78 is 5.36. The van der Waals surface area contributed by atoms with Crippen molar-refractivity contribution in [3.8, 4) is 0 Å². The maximum atomic E-state index is 5.36. The third kappa shape index (κ3) is 5.67. The van der Waals surface area contributed by atoms with Gasteiger partial charge in [0.2, 0.25) is 0 Å². The molecule has 1 nitrogen and oxygen atoms in total. The minimum atomic E-state index is 0.594. The Balaban J connectivity index is 3.49. The molecule has 0 aromatic rings. The molecule has 10 heavy (non-hydrogen) atoms. The number of allylic oxidation sites excluding steroid dienone is 2. The Morgan fingerprint density at radius 2 is 2.10 bits per heavy atom. The molecule has 0 N–H and O–H groups in total. The lowest BCUT2D eigenvalue weighted by atomic mass is 10.2. The van der Waals surface area contributed by atoms with Crippen LogP contribution in [0.15, 0.2) is 11.8 Å². The highest BCUT2D eigenvalue weighted by Gasteiger charge is 1.90. The minimum Gasteiger partial charge on any atom is -0.499 e. The second-order valence-electron chi connectivity index (χ2n) is 2.87. The van der Waals surface area contributed by atoms with Gasteiger partial charge in [0.25, 0.3) is 0 Å². The lowest BCUT2D eigenvalue weighted by Gasteiger charge is -2.04. The van der Waals surface area contributed by atoms with Crippen molar-refractivity contribution in [1.82, 2.24) is 0 Å². The summed E-state index contributed by atoms with van der Waals surface area (Å²) in [6.45, 7) is 9.27. The van der Waals surface area contributed by atoms with E-state index in [4.69, 9.17) is 4.74 Å². The standard InChI is InChI=1S/C9H18O/c1-5-6-10-9(4)7-8(2)3/h7-8H,5-6H2,1-4H3. The molecule has 0 rings (SSSR count). The fraction of sp³-hybridized carbons (Fsp3) is 0.778. The first kappa shape index (κ1) is 9.54.